The lowest BCUT2D eigenvalue weighted by atomic mass is 10.1. The van der Waals surface area contributed by atoms with Crippen LogP contribution < -0.4 is 12.4 Å². The molecule has 124 valence electrons. The Morgan fingerprint density at radius 3 is 1.30 bits per heavy atom. The molecule has 0 aromatic rings. The van der Waals surface area contributed by atoms with Gasteiger partial charge in [0.15, 0.2) is 0 Å². The monoisotopic (exact) mass is 307 g/mol. The summed E-state index contributed by atoms with van der Waals surface area (Å²) in [5, 5.41) is 0. The fraction of sp³-hybridized carbons (Fsp3) is 1.00. The first-order valence-electron chi connectivity index (χ1n) is 8.52. The van der Waals surface area contributed by atoms with Gasteiger partial charge in [-0.3, -0.25) is 0 Å². The fourth-order valence-electron chi connectivity index (χ4n) is 2.28. The molecule has 0 heterocycles. The van der Waals surface area contributed by atoms with Gasteiger partial charge in [0.25, 0.3) is 0 Å². The van der Waals surface area contributed by atoms with Crippen LogP contribution in [-0.2, 0) is 4.84 Å². The summed E-state index contributed by atoms with van der Waals surface area (Å²) in [6, 6.07) is 0. The highest BCUT2D eigenvalue weighted by Gasteiger charge is 2.06. The quantitative estimate of drug-likeness (QED) is 0.272. The number of hydrogen-bond donors (Lipinski definition) is 0. The second-order valence-electron chi connectivity index (χ2n) is 6.61. The standard InChI is InChI=1S/C17H38NO.ClH/c1-5-6-7-8-9-10-11-12-13-14-15-16-17-19-18(2,3)4;/h5-17H2,1-4H3;1H/q+1;/p-1. The lowest BCUT2D eigenvalue weighted by molar-refractivity contribution is -1.06. The van der Waals surface area contributed by atoms with Crippen LogP contribution in [0.15, 0.2) is 0 Å². The molecule has 0 aliphatic rings. The van der Waals surface area contributed by atoms with Gasteiger partial charge in [0.1, 0.15) is 6.61 Å². The summed E-state index contributed by atoms with van der Waals surface area (Å²) < 4.78 is 0.623. The van der Waals surface area contributed by atoms with Crippen molar-refractivity contribution in [3.63, 3.8) is 0 Å². The van der Waals surface area contributed by atoms with Gasteiger partial charge in [0.2, 0.25) is 0 Å². The third-order valence-electron chi connectivity index (χ3n) is 3.48. The second kappa shape index (κ2) is 15.6. The van der Waals surface area contributed by atoms with Crippen LogP contribution >= 0.6 is 0 Å². The van der Waals surface area contributed by atoms with E-state index in [0.29, 0.717) is 4.65 Å². The first-order chi connectivity index (χ1) is 9.06. The molecule has 0 saturated carbocycles. The van der Waals surface area contributed by atoms with Crippen molar-refractivity contribution in [3.05, 3.63) is 0 Å². The number of quaternary nitrogens is 1. The Morgan fingerprint density at radius 2 is 0.950 bits per heavy atom. The van der Waals surface area contributed by atoms with E-state index in [0.717, 1.165) is 6.61 Å². The smallest absolute Gasteiger partial charge is 0.106 e. The molecule has 0 aromatic heterocycles. The Kier molecular flexibility index (Phi) is 17.5. The van der Waals surface area contributed by atoms with Gasteiger partial charge in [0.05, 0.1) is 21.1 Å². The molecule has 0 aliphatic heterocycles. The van der Waals surface area contributed by atoms with Gasteiger partial charge in [-0.1, -0.05) is 77.6 Å². The Bertz CT molecular complexity index is 180. The highest BCUT2D eigenvalue weighted by atomic mass is 35.5. The SMILES string of the molecule is CCCCCCCCCCCCCCO[N+](C)(C)C.[Cl-]. The van der Waals surface area contributed by atoms with E-state index in [1.165, 1.54) is 77.0 Å². The Labute approximate surface area is 134 Å². The van der Waals surface area contributed by atoms with Gasteiger partial charge < -0.3 is 12.4 Å². The molecular formula is C17H38ClNO. The summed E-state index contributed by atoms with van der Waals surface area (Å²) in [6.07, 6.45) is 16.8. The van der Waals surface area contributed by atoms with E-state index in [4.69, 9.17) is 4.84 Å². The van der Waals surface area contributed by atoms with E-state index in [1.54, 1.807) is 0 Å². The summed E-state index contributed by atoms with van der Waals surface area (Å²) in [5.74, 6) is 0. The lowest BCUT2D eigenvalue weighted by Crippen LogP contribution is -3.00. The average Bonchev–Trinajstić information content (AvgIpc) is 2.34. The van der Waals surface area contributed by atoms with E-state index in [2.05, 4.69) is 28.1 Å². The van der Waals surface area contributed by atoms with Crippen LogP contribution in [0.5, 0.6) is 0 Å². The second-order valence-corrected chi connectivity index (χ2v) is 6.61. The van der Waals surface area contributed by atoms with Crippen LogP contribution in [-0.4, -0.2) is 32.4 Å². The number of unbranched alkanes of at least 4 members (excludes halogenated alkanes) is 11. The third-order valence-corrected chi connectivity index (χ3v) is 3.48. The van der Waals surface area contributed by atoms with Gasteiger partial charge in [-0.05, 0) is 6.42 Å². The molecule has 0 atom stereocenters. The Morgan fingerprint density at radius 1 is 0.600 bits per heavy atom. The molecular weight excluding hydrogens is 270 g/mol. The maximum atomic E-state index is 5.66. The van der Waals surface area contributed by atoms with Crippen LogP contribution in [0, 0.1) is 0 Å². The normalized spacial score (nSPS) is 11.4. The Balaban J connectivity index is 0. The molecule has 0 unspecified atom stereocenters. The van der Waals surface area contributed by atoms with Crippen molar-refractivity contribution >= 4 is 0 Å². The lowest BCUT2D eigenvalue weighted by Gasteiger charge is -2.20. The highest BCUT2D eigenvalue weighted by molar-refractivity contribution is 4.48. The molecule has 0 saturated heterocycles. The van der Waals surface area contributed by atoms with E-state index < -0.39 is 0 Å². The van der Waals surface area contributed by atoms with Crippen molar-refractivity contribution in [3.8, 4) is 0 Å². The first-order valence-corrected chi connectivity index (χ1v) is 8.52. The fourth-order valence-corrected chi connectivity index (χ4v) is 2.28. The van der Waals surface area contributed by atoms with Crippen LogP contribution in [0.2, 0.25) is 0 Å². The van der Waals surface area contributed by atoms with Crippen LogP contribution in [0.1, 0.15) is 84.0 Å². The zero-order chi connectivity index (χ0) is 14.4. The van der Waals surface area contributed by atoms with Gasteiger partial charge in [-0.15, -0.1) is 0 Å². The summed E-state index contributed by atoms with van der Waals surface area (Å²) in [6.45, 7) is 3.19. The summed E-state index contributed by atoms with van der Waals surface area (Å²) in [7, 11) is 6.21. The van der Waals surface area contributed by atoms with Gasteiger partial charge in [-0.25, -0.2) is 4.84 Å². The molecule has 0 spiro atoms. The molecule has 0 radical (unpaired) electrons. The molecule has 0 fully saturated rings. The van der Waals surface area contributed by atoms with Crippen LogP contribution in [0.3, 0.4) is 0 Å². The summed E-state index contributed by atoms with van der Waals surface area (Å²) >= 11 is 0. The van der Waals surface area contributed by atoms with E-state index in [1.807, 2.05) is 0 Å². The highest BCUT2D eigenvalue weighted by Crippen LogP contribution is 2.12. The number of rotatable bonds is 14. The molecule has 20 heavy (non-hydrogen) atoms. The molecule has 3 heteroatoms. The summed E-state index contributed by atoms with van der Waals surface area (Å²) in [5.41, 5.74) is 0. The topological polar surface area (TPSA) is 9.23 Å². The number of halogens is 1. The molecule has 0 amide bonds. The number of nitrogens with zero attached hydrogens (tertiary/aromatic N) is 1. The molecule has 0 aromatic carbocycles. The maximum absolute atomic E-state index is 5.66. The van der Waals surface area contributed by atoms with E-state index in [9.17, 15) is 0 Å². The van der Waals surface area contributed by atoms with Crippen LogP contribution in [0.25, 0.3) is 0 Å². The third kappa shape index (κ3) is 20.5. The summed E-state index contributed by atoms with van der Waals surface area (Å²) in [4.78, 5) is 5.66. The minimum Gasteiger partial charge on any atom is -1.00 e. The molecule has 0 bridgehead atoms. The average molecular weight is 308 g/mol. The van der Waals surface area contributed by atoms with Crippen molar-refractivity contribution < 1.29 is 21.9 Å². The van der Waals surface area contributed by atoms with Gasteiger partial charge in [0, 0.05) is 0 Å². The van der Waals surface area contributed by atoms with Gasteiger partial charge >= 0.3 is 0 Å². The van der Waals surface area contributed by atoms with E-state index >= 15 is 0 Å². The Hall–Kier alpha value is 0.210. The minimum absolute atomic E-state index is 0. The first kappa shape index (κ1) is 22.5. The van der Waals surface area contributed by atoms with Crippen molar-refractivity contribution in [2.75, 3.05) is 27.7 Å². The van der Waals surface area contributed by atoms with Crippen molar-refractivity contribution in [1.82, 2.24) is 0 Å². The zero-order valence-corrected chi connectivity index (χ0v) is 15.2. The van der Waals surface area contributed by atoms with Crippen molar-refractivity contribution in [2.45, 2.75) is 84.0 Å². The number of hydrogen-bond acceptors (Lipinski definition) is 1. The maximum Gasteiger partial charge on any atom is 0.106 e. The van der Waals surface area contributed by atoms with E-state index in [-0.39, 0.29) is 12.4 Å². The predicted molar refractivity (Wildman–Crippen MR) is 85.1 cm³/mol. The molecule has 0 N–H and O–H groups in total. The number of hydroxylamine groups is 3. The van der Waals surface area contributed by atoms with Crippen molar-refractivity contribution in [2.24, 2.45) is 0 Å². The molecule has 0 aliphatic carbocycles. The van der Waals surface area contributed by atoms with Gasteiger partial charge in [-0.2, -0.15) is 4.65 Å². The molecule has 0 rings (SSSR count). The van der Waals surface area contributed by atoms with Crippen LogP contribution in [0.4, 0.5) is 0 Å². The minimum atomic E-state index is 0. The zero-order valence-electron chi connectivity index (χ0n) is 14.4. The predicted octanol–water partition coefficient (Wildman–Crippen LogP) is 2.33. The molecule has 2 nitrogen and oxygen atoms in total. The van der Waals surface area contributed by atoms with Crippen molar-refractivity contribution in [1.29, 1.82) is 0 Å². The largest absolute Gasteiger partial charge is 1.00 e.